The number of benzene rings is 1. The first-order valence-electron chi connectivity index (χ1n) is 5.98. The van der Waals surface area contributed by atoms with E-state index in [0.717, 1.165) is 0 Å². The maximum atomic E-state index is 12.2. The van der Waals surface area contributed by atoms with Crippen molar-refractivity contribution in [2.45, 2.75) is 10.6 Å². The molecule has 0 atom stereocenters. The molecule has 2 aromatic rings. The molecular weight excluding hydrogens is 278 g/mol. The molecule has 20 heavy (non-hydrogen) atoms. The normalized spacial score (nSPS) is 11.3. The number of amides is 1. The average molecular weight is 293 g/mol. The van der Waals surface area contributed by atoms with Crippen LogP contribution in [0.25, 0.3) is 0 Å². The van der Waals surface area contributed by atoms with Gasteiger partial charge in [0.1, 0.15) is 11.5 Å². The zero-order chi connectivity index (χ0) is 14.8. The molecule has 1 aromatic carbocycles. The molecule has 0 unspecified atom stereocenters. The second-order valence-corrected chi connectivity index (χ2v) is 6.53. The summed E-state index contributed by atoms with van der Waals surface area (Å²) >= 11 is 0. The third kappa shape index (κ3) is 3.08. The summed E-state index contributed by atoms with van der Waals surface area (Å²) in [6.07, 6.45) is 0. The number of furan rings is 1. The Morgan fingerprint density at radius 1 is 1.10 bits per heavy atom. The Labute approximate surface area is 117 Å². The zero-order valence-electron chi connectivity index (χ0n) is 11.2. The van der Waals surface area contributed by atoms with Crippen LogP contribution in [0.5, 0.6) is 0 Å². The summed E-state index contributed by atoms with van der Waals surface area (Å²) in [5.74, 6) is -0.182. The summed E-state index contributed by atoms with van der Waals surface area (Å²) in [5.41, 5.74) is 0. The van der Waals surface area contributed by atoms with Gasteiger partial charge in [0.05, 0.1) is 4.90 Å². The molecule has 1 aromatic heterocycles. The van der Waals surface area contributed by atoms with E-state index in [1.165, 1.54) is 29.2 Å². The molecule has 1 amide bonds. The van der Waals surface area contributed by atoms with Crippen molar-refractivity contribution < 1.29 is 17.6 Å². The number of hydrogen-bond acceptors (Lipinski definition) is 4. The quantitative estimate of drug-likeness (QED) is 0.864. The van der Waals surface area contributed by atoms with E-state index in [4.69, 9.17) is 4.42 Å². The SMILES string of the molecule is CN(C)C(=O)c1ccc(CS(=O)(=O)c2ccccc2)o1. The summed E-state index contributed by atoms with van der Waals surface area (Å²) in [5, 5.41) is 0. The van der Waals surface area contributed by atoms with Crippen molar-refractivity contribution >= 4 is 15.7 Å². The lowest BCUT2D eigenvalue weighted by molar-refractivity contribution is 0.0795. The van der Waals surface area contributed by atoms with Gasteiger partial charge in [0.25, 0.3) is 5.91 Å². The van der Waals surface area contributed by atoms with Crippen LogP contribution in [0.2, 0.25) is 0 Å². The van der Waals surface area contributed by atoms with Crippen LogP contribution >= 0.6 is 0 Å². The van der Waals surface area contributed by atoms with Gasteiger partial charge >= 0.3 is 0 Å². The van der Waals surface area contributed by atoms with E-state index >= 15 is 0 Å². The first kappa shape index (κ1) is 14.3. The highest BCUT2D eigenvalue weighted by molar-refractivity contribution is 7.90. The van der Waals surface area contributed by atoms with Gasteiger partial charge in [-0.25, -0.2) is 8.42 Å². The van der Waals surface area contributed by atoms with Gasteiger partial charge in [-0.1, -0.05) is 18.2 Å². The third-order valence-electron chi connectivity index (χ3n) is 2.71. The van der Waals surface area contributed by atoms with Crippen LogP contribution < -0.4 is 0 Å². The van der Waals surface area contributed by atoms with Crippen LogP contribution in [0.4, 0.5) is 0 Å². The Hall–Kier alpha value is -2.08. The van der Waals surface area contributed by atoms with Crippen molar-refractivity contribution in [2.24, 2.45) is 0 Å². The fourth-order valence-electron chi connectivity index (χ4n) is 1.69. The molecule has 2 rings (SSSR count). The number of rotatable bonds is 4. The van der Waals surface area contributed by atoms with E-state index in [2.05, 4.69) is 0 Å². The second-order valence-electron chi connectivity index (χ2n) is 4.54. The number of carbonyl (C=O) groups excluding carboxylic acids is 1. The Bertz CT molecular complexity index is 702. The van der Waals surface area contributed by atoms with Gasteiger partial charge < -0.3 is 9.32 Å². The number of hydrogen-bond donors (Lipinski definition) is 0. The van der Waals surface area contributed by atoms with Crippen molar-refractivity contribution in [2.75, 3.05) is 14.1 Å². The average Bonchev–Trinajstić information content (AvgIpc) is 2.86. The van der Waals surface area contributed by atoms with E-state index in [1.807, 2.05) is 0 Å². The summed E-state index contributed by atoms with van der Waals surface area (Å²) in [4.78, 5) is 13.3. The molecule has 0 saturated carbocycles. The second kappa shape index (κ2) is 5.50. The van der Waals surface area contributed by atoms with Crippen molar-refractivity contribution in [3.63, 3.8) is 0 Å². The van der Waals surface area contributed by atoms with E-state index in [1.54, 1.807) is 32.3 Å². The fourth-order valence-corrected chi connectivity index (χ4v) is 2.96. The summed E-state index contributed by atoms with van der Waals surface area (Å²) in [7, 11) is -0.260. The maximum absolute atomic E-state index is 12.2. The highest BCUT2D eigenvalue weighted by Crippen LogP contribution is 2.18. The van der Waals surface area contributed by atoms with Crippen molar-refractivity contribution in [3.05, 3.63) is 54.0 Å². The van der Waals surface area contributed by atoms with Crippen molar-refractivity contribution in [1.29, 1.82) is 0 Å². The minimum absolute atomic E-state index is 0.133. The van der Waals surface area contributed by atoms with Gasteiger partial charge in [0.2, 0.25) is 0 Å². The first-order valence-corrected chi connectivity index (χ1v) is 7.63. The molecule has 0 fully saturated rings. The molecule has 0 aliphatic carbocycles. The minimum Gasteiger partial charge on any atom is -0.455 e. The van der Waals surface area contributed by atoms with Crippen LogP contribution in [0.15, 0.2) is 51.8 Å². The smallest absolute Gasteiger partial charge is 0.289 e. The van der Waals surface area contributed by atoms with Crippen LogP contribution in [0, 0.1) is 0 Å². The molecule has 0 saturated heterocycles. The summed E-state index contributed by atoms with van der Waals surface area (Å²) < 4.78 is 29.6. The Balaban J connectivity index is 2.21. The number of carbonyl (C=O) groups is 1. The largest absolute Gasteiger partial charge is 0.455 e. The van der Waals surface area contributed by atoms with Crippen molar-refractivity contribution in [3.8, 4) is 0 Å². The van der Waals surface area contributed by atoms with Crippen LogP contribution in [0.1, 0.15) is 16.3 Å². The van der Waals surface area contributed by atoms with E-state index < -0.39 is 9.84 Å². The van der Waals surface area contributed by atoms with Crippen LogP contribution in [0.3, 0.4) is 0 Å². The predicted molar refractivity (Wildman–Crippen MR) is 74.1 cm³/mol. The molecular formula is C14H15NO4S. The Kier molecular flexibility index (Phi) is 3.94. The van der Waals surface area contributed by atoms with Gasteiger partial charge in [-0.15, -0.1) is 0 Å². The van der Waals surface area contributed by atoms with E-state index in [0.29, 0.717) is 0 Å². The standard InChI is InChI=1S/C14H15NO4S/c1-15(2)14(16)13-9-8-11(19-13)10-20(17,18)12-6-4-3-5-7-12/h3-9H,10H2,1-2H3. The van der Waals surface area contributed by atoms with Gasteiger partial charge in [-0.3, -0.25) is 4.79 Å². The third-order valence-corrected chi connectivity index (χ3v) is 4.37. The fraction of sp³-hybridized carbons (Fsp3) is 0.214. The zero-order valence-corrected chi connectivity index (χ0v) is 12.1. The van der Waals surface area contributed by atoms with Crippen LogP contribution in [-0.4, -0.2) is 33.3 Å². The topological polar surface area (TPSA) is 67.6 Å². The molecule has 0 aliphatic heterocycles. The highest BCUT2D eigenvalue weighted by atomic mass is 32.2. The van der Waals surface area contributed by atoms with Gasteiger partial charge in [-0.2, -0.15) is 0 Å². The lowest BCUT2D eigenvalue weighted by Crippen LogP contribution is -2.20. The van der Waals surface area contributed by atoms with E-state index in [9.17, 15) is 13.2 Å². The van der Waals surface area contributed by atoms with E-state index in [-0.39, 0.29) is 28.1 Å². The minimum atomic E-state index is -3.46. The monoisotopic (exact) mass is 293 g/mol. The number of sulfone groups is 1. The molecule has 1 heterocycles. The van der Waals surface area contributed by atoms with Gasteiger partial charge in [0.15, 0.2) is 15.6 Å². The molecule has 0 aliphatic rings. The lowest BCUT2D eigenvalue weighted by Gasteiger charge is -2.06. The predicted octanol–water partition coefficient (Wildman–Crippen LogP) is 1.96. The van der Waals surface area contributed by atoms with Gasteiger partial charge in [0, 0.05) is 14.1 Å². The molecule has 106 valence electrons. The first-order chi connectivity index (χ1) is 9.40. The molecule has 0 bridgehead atoms. The molecule has 5 nitrogen and oxygen atoms in total. The van der Waals surface area contributed by atoms with Gasteiger partial charge in [-0.05, 0) is 24.3 Å². The molecule has 0 spiro atoms. The summed E-state index contributed by atoms with van der Waals surface area (Å²) in [6, 6.07) is 11.1. The molecule has 6 heteroatoms. The van der Waals surface area contributed by atoms with Crippen LogP contribution in [-0.2, 0) is 15.6 Å². The molecule has 0 radical (unpaired) electrons. The maximum Gasteiger partial charge on any atom is 0.289 e. The Morgan fingerprint density at radius 3 is 2.35 bits per heavy atom. The highest BCUT2D eigenvalue weighted by Gasteiger charge is 2.19. The van der Waals surface area contributed by atoms with Crippen molar-refractivity contribution in [1.82, 2.24) is 4.90 Å². The Morgan fingerprint density at radius 2 is 1.75 bits per heavy atom. The lowest BCUT2D eigenvalue weighted by atomic mass is 10.4. The molecule has 0 N–H and O–H groups in total. The number of nitrogens with zero attached hydrogens (tertiary/aromatic N) is 1. The summed E-state index contributed by atoms with van der Waals surface area (Å²) in [6.45, 7) is 0.